The van der Waals surface area contributed by atoms with Crippen molar-refractivity contribution in [1.82, 2.24) is 0 Å². The Balaban J connectivity index is 2.54. The van der Waals surface area contributed by atoms with Gasteiger partial charge in [-0.25, -0.2) is 0 Å². The molecule has 0 aliphatic carbocycles. The number of aryl methyl sites for hydroxylation is 1. The van der Waals surface area contributed by atoms with Crippen molar-refractivity contribution in [3.63, 3.8) is 0 Å². The molecule has 0 heterocycles. The molecule has 1 N–H and O–H groups in total. The van der Waals surface area contributed by atoms with Crippen molar-refractivity contribution in [3.8, 4) is 5.75 Å². The minimum Gasteiger partial charge on any atom is -0.496 e. The van der Waals surface area contributed by atoms with E-state index in [0.29, 0.717) is 0 Å². The van der Waals surface area contributed by atoms with E-state index in [-0.39, 0.29) is 6.61 Å². The third-order valence-corrected chi connectivity index (χ3v) is 2.05. The number of unbranched alkanes of at least 4 members (excludes halogenated alkanes) is 1. The molecule has 2 heteroatoms. The van der Waals surface area contributed by atoms with Crippen LogP contribution in [-0.2, 0) is 6.42 Å². The molecule has 0 atom stereocenters. The molecular weight excluding hydrogens is 164 g/mol. The first-order valence-corrected chi connectivity index (χ1v) is 4.61. The van der Waals surface area contributed by atoms with Crippen LogP contribution >= 0.6 is 0 Å². The van der Waals surface area contributed by atoms with Crippen LogP contribution in [-0.4, -0.2) is 18.8 Å². The smallest absolute Gasteiger partial charge is 0.122 e. The highest BCUT2D eigenvalue weighted by atomic mass is 16.5. The molecular formula is C11H16O2. The molecule has 0 radical (unpaired) electrons. The van der Waals surface area contributed by atoms with E-state index in [2.05, 4.69) is 6.07 Å². The Morgan fingerprint density at radius 2 is 2.00 bits per heavy atom. The highest BCUT2D eigenvalue weighted by Gasteiger charge is 1.99. The van der Waals surface area contributed by atoms with Gasteiger partial charge in [0.15, 0.2) is 0 Å². The van der Waals surface area contributed by atoms with Gasteiger partial charge in [-0.1, -0.05) is 18.2 Å². The Morgan fingerprint density at radius 1 is 1.23 bits per heavy atom. The summed E-state index contributed by atoms with van der Waals surface area (Å²) < 4.78 is 5.21. The van der Waals surface area contributed by atoms with E-state index in [0.717, 1.165) is 25.0 Å². The Morgan fingerprint density at radius 3 is 2.69 bits per heavy atom. The van der Waals surface area contributed by atoms with Gasteiger partial charge in [0.05, 0.1) is 7.11 Å². The van der Waals surface area contributed by atoms with Crippen molar-refractivity contribution in [3.05, 3.63) is 29.8 Å². The monoisotopic (exact) mass is 180 g/mol. The summed E-state index contributed by atoms with van der Waals surface area (Å²) in [7, 11) is 1.69. The molecule has 0 fully saturated rings. The molecule has 0 aliphatic heterocycles. The first kappa shape index (κ1) is 10.1. The van der Waals surface area contributed by atoms with E-state index in [1.807, 2.05) is 18.2 Å². The van der Waals surface area contributed by atoms with Crippen molar-refractivity contribution in [2.45, 2.75) is 19.3 Å². The van der Waals surface area contributed by atoms with Gasteiger partial charge in [-0.05, 0) is 30.9 Å². The summed E-state index contributed by atoms with van der Waals surface area (Å²) in [5.74, 6) is 0.945. The van der Waals surface area contributed by atoms with Gasteiger partial charge in [0, 0.05) is 6.61 Å². The van der Waals surface area contributed by atoms with E-state index < -0.39 is 0 Å². The average molecular weight is 180 g/mol. The predicted molar refractivity (Wildman–Crippen MR) is 53.0 cm³/mol. The van der Waals surface area contributed by atoms with Crippen molar-refractivity contribution in [1.29, 1.82) is 0 Å². The highest BCUT2D eigenvalue weighted by molar-refractivity contribution is 5.33. The maximum absolute atomic E-state index is 8.64. The van der Waals surface area contributed by atoms with Gasteiger partial charge in [0.1, 0.15) is 5.75 Å². The Bertz CT molecular complexity index is 246. The first-order valence-electron chi connectivity index (χ1n) is 4.61. The lowest BCUT2D eigenvalue weighted by atomic mass is 10.1. The zero-order valence-electron chi connectivity index (χ0n) is 7.99. The quantitative estimate of drug-likeness (QED) is 0.702. The minimum atomic E-state index is 0.273. The molecule has 0 spiro atoms. The number of benzene rings is 1. The topological polar surface area (TPSA) is 29.5 Å². The summed E-state index contributed by atoms with van der Waals surface area (Å²) in [6.45, 7) is 0.273. The predicted octanol–water partition coefficient (Wildman–Crippen LogP) is 2.01. The van der Waals surface area contributed by atoms with Crippen molar-refractivity contribution in [2.75, 3.05) is 13.7 Å². The number of ether oxygens (including phenoxy) is 1. The number of aliphatic hydroxyl groups excluding tert-OH is 1. The molecule has 1 aromatic rings. The summed E-state index contributed by atoms with van der Waals surface area (Å²) in [4.78, 5) is 0. The number of methoxy groups -OCH3 is 1. The maximum Gasteiger partial charge on any atom is 0.122 e. The van der Waals surface area contributed by atoms with Crippen LogP contribution in [0.15, 0.2) is 24.3 Å². The number of aliphatic hydroxyl groups is 1. The molecule has 13 heavy (non-hydrogen) atoms. The Hall–Kier alpha value is -1.02. The molecule has 72 valence electrons. The number of hydrogen-bond acceptors (Lipinski definition) is 2. The summed E-state index contributed by atoms with van der Waals surface area (Å²) in [6, 6.07) is 8.01. The lowest BCUT2D eigenvalue weighted by Gasteiger charge is -2.06. The van der Waals surface area contributed by atoms with Crippen LogP contribution in [0.2, 0.25) is 0 Å². The highest BCUT2D eigenvalue weighted by Crippen LogP contribution is 2.18. The molecule has 0 aliphatic rings. The number of rotatable bonds is 5. The van der Waals surface area contributed by atoms with Crippen molar-refractivity contribution < 1.29 is 9.84 Å². The third-order valence-electron chi connectivity index (χ3n) is 2.05. The number of hydrogen-bond donors (Lipinski definition) is 1. The molecule has 1 aromatic carbocycles. The molecule has 0 unspecified atom stereocenters. The summed E-state index contributed by atoms with van der Waals surface area (Å²) >= 11 is 0. The maximum atomic E-state index is 8.64. The van der Waals surface area contributed by atoms with E-state index in [4.69, 9.17) is 9.84 Å². The zero-order chi connectivity index (χ0) is 9.52. The lowest BCUT2D eigenvalue weighted by molar-refractivity contribution is 0.284. The second kappa shape index (κ2) is 5.60. The molecule has 2 nitrogen and oxygen atoms in total. The summed E-state index contributed by atoms with van der Waals surface area (Å²) in [5.41, 5.74) is 1.22. The second-order valence-corrected chi connectivity index (χ2v) is 2.99. The van der Waals surface area contributed by atoms with Crippen LogP contribution in [0.25, 0.3) is 0 Å². The van der Waals surface area contributed by atoms with E-state index in [1.54, 1.807) is 7.11 Å². The standard InChI is InChI=1S/C11H16O2/c1-13-11-8-3-2-6-10(11)7-4-5-9-12/h2-3,6,8,12H,4-5,7,9H2,1H3. The number of para-hydroxylation sites is 1. The van der Waals surface area contributed by atoms with Gasteiger partial charge in [0.2, 0.25) is 0 Å². The second-order valence-electron chi connectivity index (χ2n) is 2.99. The van der Waals surface area contributed by atoms with Gasteiger partial charge in [-0.3, -0.25) is 0 Å². The molecule has 0 saturated carbocycles. The lowest BCUT2D eigenvalue weighted by Crippen LogP contribution is -1.93. The van der Waals surface area contributed by atoms with Crippen LogP contribution in [0.4, 0.5) is 0 Å². The van der Waals surface area contributed by atoms with Crippen LogP contribution < -0.4 is 4.74 Å². The van der Waals surface area contributed by atoms with Crippen LogP contribution in [0.3, 0.4) is 0 Å². The molecule has 0 amide bonds. The average Bonchev–Trinajstić information content (AvgIpc) is 2.19. The van der Waals surface area contributed by atoms with Gasteiger partial charge < -0.3 is 9.84 Å². The summed E-state index contributed by atoms with van der Waals surface area (Å²) in [5, 5.41) is 8.64. The first-order chi connectivity index (χ1) is 6.38. The minimum absolute atomic E-state index is 0.273. The summed E-state index contributed by atoms with van der Waals surface area (Å²) in [6.07, 6.45) is 2.85. The van der Waals surface area contributed by atoms with Crippen LogP contribution in [0.1, 0.15) is 18.4 Å². The van der Waals surface area contributed by atoms with Crippen LogP contribution in [0, 0.1) is 0 Å². The molecule has 1 rings (SSSR count). The van der Waals surface area contributed by atoms with E-state index in [1.165, 1.54) is 5.56 Å². The Labute approximate surface area is 79.2 Å². The molecule has 0 aromatic heterocycles. The van der Waals surface area contributed by atoms with Crippen LogP contribution in [0.5, 0.6) is 5.75 Å². The van der Waals surface area contributed by atoms with Crippen molar-refractivity contribution in [2.24, 2.45) is 0 Å². The normalized spacial score (nSPS) is 10.0. The SMILES string of the molecule is COc1ccccc1CCCCO. The Kier molecular flexibility index (Phi) is 4.33. The van der Waals surface area contributed by atoms with Gasteiger partial charge >= 0.3 is 0 Å². The fourth-order valence-corrected chi connectivity index (χ4v) is 1.34. The zero-order valence-corrected chi connectivity index (χ0v) is 7.99. The van der Waals surface area contributed by atoms with Gasteiger partial charge in [-0.2, -0.15) is 0 Å². The molecule has 0 bridgehead atoms. The van der Waals surface area contributed by atoms with Gasteiger partial charge in [0.25, 0.3) is 0 Å². The molecule has 0 saturated heterocycles. The fraction of sp³-hybridized carbons (Fsp3) is 0.455. The van der Waals surface area contributed by atoms with Crippen molar-refractivity contribution >= 4 is 0 Å². The fourth-order valence-electron chi connectivity index (χ4n) is 1.34. The van der Waals surface area contributed by atoms with E-state index >= 15 is 0 Å². The van der Waals surface area contributed by atoms with Gasteiger partial charge in [-0.15, -0.1) is 0 Å². The largest absolute Gasteiger partial charge is 0.496 e. The van der Waals surface area contributed by atoms with E-state index in [9.17, 15) is 0 Å². The third kappa shape index (κ3) is 3.07.